The molecule has 0 bridgehead atoms. The molecule has 0 radical (unpaired) electrons. The van der Waals surface area contributed by atoms with Crippen LogP contribution in [-0.4, -0.2) is 20.7 Å². The summed E-state index contributed by atoms with van der Waals surface area (Å²) in [5.41, 5.74) is 1.48. The fourth-order valence-corrected chi connectivity index (χ4v) is 3.31. The number of aryl methyl sites for hydroxylation is 1. The molecular formula is C21H37NOSe. The van der Waals surface area contributed by atoms with Crippen molar-refractivity contribution in [1.82, 2.24) is 6.15 Å². The Balaban J connectivity index is 0.00000529. The summed E-state index contributed by atoms with van der Waals surface area (Å²) in [6, 6.07) is 10.8. The van der Waals surface area contributed by atoms with Crippen LogP contribution in [0.4, 0.5) is 0 Å². The summed E-state index contributed by atoms with van der Waals surface area (Å²) in [6.45, 7) is 0. The molecule has 0 atom stereocenters. The molecule has 0 saturated carbocycles. The van der Waals surface area contributed by atoms with E-state index in [1.54, 1.807) is 0 Å². The van der Waals surface area contributed by atoms with Crippen LogP contribution in [0.5, 0.6) is 0 Å². The predicted molar refractivity (Wildman–Crippen MR) is 107 cm³/mol. The summed E-state index contributed by atoms with van der Waals surface area (Å²) in [5.74, 6) is 0. The van der Waals surface area contributed by atoms with Gasteiger partial charge in [-0.15, -0.1) is 0 Å². The van der Waals surface area contributed by atoms with Crippen molar-refractivity contribution in [2.75, 3.05) is 0 Å². The second-order valence-corrected chi connectivity index (χ2v) is 7.56. The minimum atomic E-state index is 0. The maximum absolute atomic E-state index is 10.8. The first kappa shape index (κ1) is 23.4. The van der Waals surface area contributed by atoms with Gasteiger partial charge in [0.25, 0.3) is 0 Å². The van der Waals surface area contributed by atoms with Gasteiger partial charge in [-0.2, -0.15) is 0 Å². The molecule has 3 heteroatoms. The van der Waals surface area contributed by atoms with E-state index in [9.17, 15) is 4.79 Å². The van der Waals surface area contributed by atoms with Crippen LogP contribution in [-0.2, 0) is 11.2 Å². The van der Waals surface area contributed by atoms with E-state index in [-0.39, 0.29) is 10.8 Å². The molecule has 1 aromatic rings. The molecule has 0 aliphatic carbocycles. The third-order valence-electron chi connectivity index (χ3n) is 4.44. The molecule has 0 heterocycles. The third-order valence-corrected chi connectivity index (χ3v) is 4.87. The Hall–Kier alpha value is -0.631. The number of hydrogen-bond acceptors (Lipinski definition) is 1. The average molecular weight is 398 g/mol. The van der Waals surface area contributed by atoms with Crippen LogP contribution in [0.25, 0.3) is 0 Å². The van der Waals surface area contributed by atoms with E-state index in [0.29, 0.717) is 0 Å². The molecule has 0 aromatic heterocycles. The third kappa shape index (κ3) is 14.9. The zero-order chi connectivity index (χ0) is 16.6. The van der Waals surface area contributed by atoms with Crippen molar-refractivity contribution in [3.05, 3.63) is 35.9 Å². The molecule has 0 amide bonds. The summed E-state index contributed by atoms with van der Waals surface area (Å²) in [4.78, 5) is 10.8. The van der Waals surface area contributed by atoms with Gasteiger partial charge in [-0.25, -0.2) is 0 Å². The molecule has 0 aliphatic heterocycles. The zero-order valence-corrected chi connectivity index (χ0v) is 17.3. The van der Waals surface area contributed by atoms with Crippen LogP contribution >= 0.6 is 0 Å². The van der Waals surface area contributed by atoms with Gasteiger partial charge >= 0.3 is 96.1 Å². The van der Waals surface area contributed by atoms with Gasteiger partial charge in [0.1, 0.15) is 0 Å². The second kappa shape index (κ2) is 17.2. The van der Waals surface area contributed by atoms with E-state index >= 15 is 0 Å². The van der Waals surface area contributed by atoms with Gasteiger partial charge in [-0.05, 0) is 18.4 Å². The Morgan fingerprint density at radius 1 is 0.667 bits per heavy atom. The maximum atomic E-state index is 10.8. The normalized spacial score (nSPS) is 10.3. The Kier molecular flexibility index (Phi) is 16.7. The van der Waals surface area contributed by atoms with E-state index in [0.717, 1.165) is 12.8 Å². The first-order valence-corrected chi connectivity index (χ1v) is 10.4. The zero-order valence-electron chi connectivity index (χ0n) is 15.6. The fraction of sp³-hybridized carbons (Fsp3) is 0.667. The van der Waals surface area contributed by atoms with Gasteiger partial charge in [0, 0.05) is 0 Å². The Morgan fingerprint density at radius 2 is 1.08 bits per heavy atom. The molecule has 1 aromatic carbocycles. The van der Waals surface area contributed by atoms with Crippen LogP contribution in [0.1, 0.15) is 89.0 Å². The van der Waals surface area contributed by atoms with E-state index in [2.05, 4.69) is 46.3 Å². The van der Waals surface area contributed by atoms with Crippen LogP contribution in [0.3, 0.4) is 0 Å². The number of carbonyl (C=O) groups is 1. The van der Waals surface area contributed by atoms with Gasteiger partial charge in [0.05, 0.1) is 0 Å². The topological polar surface area (TPSA) is 53.6 Å². The van der Waals surface area contributed by atoms with Gasteiger partial charge in [-0.1, -0.05) is 36.8 Å². The number of unbranched alkanes of at least 4 members (excludes halogenated alkanes) is 11. The summed E-state index contributed by atoms with van der Waals surface area (Å²) in [7, 11) is 0. The first-order valence-electron chi connectivity index (χ1n) is 9.53. The molecule has 0 unspecified atom stereocenters. The molecule has 0 saturated heterocycles. The molecule has 2 nitrogen and oxygen atoms in total. The van der Waals surface area contributed by atoms with Crippen molar-refractivity contribution in [3.8, 4) is 0 Å². The van der Waals surface area contributed by atoms with E-state index < -0.39 is 0 Å². The average Bonchev–Trinajstić information content (AvgIpc) is 2.56. The molecular weight excluding hydrogens is 361 g/mol. The van der Waals surface area contributed by atoms with Gasteiger partial charge < -0.3 is 6.15 Å². The standard InChI is InChI=1S/C21H34OSe.H3N/c22-21(23)19-15-10-8-6-4-2-1-3-5-7-9-12-16-20-17-13-11-14-18-20;/h11,13-14,17-18H,1-10,12,15-16,19H2,(H,22,23);1H3. The van der Waals surface area contributed by atoms with Crippen LogP contribution in [0.2, 0.25) is 0 Å². The Labute approximate surface area is 157 Å². The van der Waals surface area contributed by atoms with Crippen molar-refractivity contribution in [2.45, 2.75) is 89.9 Å². The van der Waals surface area contributed by atoms with Crippen LogP contribution in [0.15, 0.2) is 30.3 Å². The van der Waals surface area contributed by atoms with E-state index in [1.165, 1.54) is 82.6 Å². The van der Waals surface area contributed by atoms with Crippen LogP contribution < -0.4 is 6.15 Å². The SMILES string of the molecule is O=C([Se-])CCCCCCCCCCCCCCc1ccccc1.[NH4+]. The van der Waals surface area contributed by atoms with Gasteiger partial charge in [0.2, 0.25) is 0 Å². The fourth-order valence-electron chi connectivity index (χ4n) is 3.01. The van der Waals surface area contributed by atoms with Gasteiger partial charge in [-0.3, -0.25) is 0 Å². The number of rotatable bonds is 15. The number of quaternary nitrogens is 1. The molecule has 0 spiro atoms. The van der Waals surface area contributed by atoms with Gasteiger partial charge in [0.15, 0.2) is 0 Å². The van der Waals surface area contributed by atoms with Crippen molar-refractivity contribution in [2.24, 2.45) is 0 Å². The number of carbonyl (C=O) groups excluding carboxylic acids is 1. The summed E-state index contributed by atoms with van der Waals surface area (Å²) in [6.07, 6.45) is 18.0. The quantitative estimate of drug-likeness (QED) is 0.271. The predicted octanol–water partition coefficient (Wildman–Crippen LogP) is 6.37. The number of hydrogen-bond donors (Lipinski definition) is 1. The molecule has 0 fully saturated rings. The summed E-state index contributed by atoms with van der Waals surface area (Å²) < 4.78 is 0.216. The van der Waals surface area contributed by atoms with Crippen molar-refractivity contribution in [3.63, 3.8) is 0 Å². The molecule has 1 rings (SSSR count). The Morgan fingerprint density at radius 3 is 1.54 bits per heavy atom. The van der Waals surface area contributed by atoms with Crippen molar-refractivity contribution >= 4 is 20.7 Å². The van der Waals surface area contributed by atoms with Crippen LogP contribution in [0, 0.1) is 0 Å². The molecule has 138 valence electrons. The smallest absolute Gasteiger partial charge is 0.369 e. The second-order valence-electron chi connectivity index (χ2n) is 6.60. The number of benzene rings is 1. The van der Waals surface area contributed by atoms with E-state index in [4.69, 9.17) is 0 Å². The monoisotopic (exact) mass is 399 g/mol. The minimum Gasteiger partial charge on any atom is -0.369 e. The molecule has 4 N–H and O–H groups in total. The molecule has 24 heavy (non-hydrogen) atoms. The summed E-state index contributed by atoms with van der Waals surface area (Å²) >= 11 is 2.55. The minimum absolute atomic E-state index is 0. The first-order chi connectivity index (χ1) is 11.3. The van der Waals surface area contributed by atoms with Crippen molar-refractivity contribution in [1.29, 1.82) is 0 Å². The van der Waals surface area contributed by atoms with E-state index in [1.807, 2.05) is 0 Å². The van der Waals surface area contributed by atoms with Crippen molar-refractivity contribution < 1.29 is 4.79 Å². The summed E-state index contributed by atoms with van der Waals surface area (Å²) in [5, 5.41) is 0. The Bertz CT molecular complexity index is 394. The molecule has 0 aliphatic rings.